The Labute approximate surface area is 241 Å². The molecular formula is C30H37N3O7S. The standard InChI is InChI=1S/C30H37N3O7S/c1-6-40-25-14-12-24(13-15-25)33(41(36,37)26-16-17-27(38-4)28(20-26)39-5)21-29(34)32(22(2)30(35)31-3)19-18-23-10-8-7-9-11-23/h7-17,20,22H,6,18-19,21H2,1-5H3,(H,31,35)/t22-/m1/s1. The van der Waals surface area contributed by atoms with E-state index in [1.807, 2.05) is 37.3 Å². The Morgan fingerprint density at radius 3 is 2.17 bits per heavy atom. The van der Waals surface area contributed by atoms with Crippen LogP contribution in [0.25, 0.3) is 0 Å². The van der Waals surface area contributed by atoms with Crippen LogP contribution in [0.5, 0.6) is 17.2 Å². The molecule has 0 heterocycles. The molecule has 0 aliphatic rings. The van der Waals surface area contributed by atoms with E-state index in [1.54, 1.807) is 31.2 Å². The number of hydrogen-bond donors (Lipinski definition) is 1. The van der Waals surface area contributed by atoms with E-state index in [1.165, 1.54) is 44.4 Å². The topological polar surface area (TPSA) is 114 Å². The van der Waals surface area contributed by atoms with Gasteiger partial charge in [0.25, 0.3) is 10.0 Å². The number of sulfonamides is 1. The molecule has 10 nitrogen and oxygen atoms in total. The first-order valence-corrected chi connectivity index (χ1v) is 14.6. The van der Waals surface area contributed by atoms with Gasteiger partial charge >= 0.3 is 0 Å². The van der Waals surface area contributed by atoms with Crippen molar-refractivity contribution in [2.24, 2.45) is 0 Å². The third kappa shape index (κ3) is 7.69. The maximum atomic E-state index is 14.1. The largest absolute Gasteiger partial charge is 0.494 e. The molecule has 0 radical (unpaired) electrons. The molecule has 0 aliphatic carbocycles. The van der Waals surface area contributed by atoms with Gasteiger partial charge in [-0.2, -0.15) is 0 Å². The number of rotatable bonds is 14. The Balaban J connectivity index is 2.03. The van der Waals surface area contributed by atoms with Crippen molar-refractivity contribution >= 4 is 27.5 Å². The van der Waals surface area contributed by atoms with Crippen LogP contribution < -0.4 is 23.8 Å². The molecule has 11 heteroatoms. The van der Waals surface area contributed by atoms with Gasteiger partial charge in [0.1, 0.15) is 18.3 Å². The molecule has 0 fully saturated rings. The maximum Gasteiger partial charge on any atom is 0.264 e. The molecule has 41 heavy (non-hydrogen) atoms. The van der Waals surface area contributed by atoms with E-state index in [0.29, 0.717) is 24.5 Å². The fourth-order valence-corrected chi connectivity index (χ4v) is 5.72. The first kappa shape index (κ1) is 31.3. The molecule has 0 unspecified atom stereocenters. The first-order valence-electron chi connectivity index (χ1n) is 13.2. The zero-order valence-corrected chi connectivity index (χ0v) is 24.8. The quantitative estimate of drug-likeness (QED) is 0.309. The summed E-state index contributed by atoms with van der Waals surface area (Å²) in [5.41, 5.74) is 1.24. The summed E-state index contributed by atoms with van der Waals surface area (Å²) in [7, 11) is 0.0798. The van der Waals surface area contributed by atoms with Crippen LogP contribution >= 0.6 is 0 Å². The van der Waals surface area contributed by atoms with Crippen LogP contribution in [-0.2, 0) is 26.0 Å². The van der Waals surface area contributed by atoms with Crippen LogP contribution in [0.4, 0.5) is 5.69 Å². The SMILES string of the molecule is CCOc1ccc(N(CC(=O)N(CCc2ccccc2)[C@H](C)C(=O)NC)S(=O)(=O)c2ccc(OC)c(OC)c2)cc1. The zero-order chi connectivity index (χ0) is 30.0. The van der Waals surface area contributed by atoms with Gasteiger partial charge in [0.05, 0.1) is 31.4 Å². The molecule has 0 spiro atoms. The Hall–Kier alpha value is -4.25. The number of hydrogen-bond acceptors (Lipinski definition) is 7. The number of nitrogens with one attached hydrogen (secondary N) is 1. The number of anilines is 1. The van der Waals surface area contributed by atoms with Crippen molar-refractivity contribution in [3.05, 3.63) is 78.4 Å². The number of carbonyl (C=O) groups is 2. The fraction of sp³-hybridized carbons (Fsp3) is 0.333. The van der Waals surface area contributed by atoms with Gasteiger partial charge in [-0.25, -0.2) is 8.42 Å². The highest BCUT2D eigenvalue weighted by Crippen LogP contribution is 2.33. The Morgan fingerprint density at radius 1 is 0.927 bits per heavy atom. The third-order valence-corrected chi connectivity index (χ3v) is 8.33. The highest BCUT2D eigenvalue weighted by molar-refractivity contribution is 7.92. The summed E-state index contributed by atoms with van der Waals surface area (Å²) in [5.74, 6) is 0.256. The van der Waals surface area contributed by atoms with Gasteiger partial charge in [-0.3, -0.25) is 13.9 Å². The molecule has 0 saturated carbocycles. The van der Waals surface area contributed by atoms with Gasteiger partial charge in [0.15, 0.2) is 11.5 Å². The Kier molecular flexibility index (Phi) is 11.0. The molecule has 3 aromatic carbocycles. The van der Waals surface area contributed by atoms with E-state index < -0.39 is 28.5 Å². The van der Waals surface area contributed by atoms with Crippen LogP contribution in [0.2, 0.25) is 0 Å². The fourth-order valence-electron chi connectivity index (χ4n) is 4.29. The van der Waals surface area contributed by atoms with Gasteiger partial charge < -0.3 is 24.4 Å². The van der Waals surface area contributed by atoms with Gasteiger partial charge in [0, 0.05) is 19.7 Å². The minimum absolute atomic E-state index is 0.0907. The lowest BCUT2D eigenvalue weighted by molar-refractivity contribution is -0.138. The summed E-state index contributed by atoms with van der Waals surface area (Å²) in [6, 6.07) is 19.4. The monoisotopic (exact) mass is 583 g/mol. The van der Waals surface area contributed by atoms with E-state index >= 15 is 0 Å². The molecule has 1 N–H and O–H groups in total. The predicted molar refractivity (Wildman–Crippen MR) is 157 cm³/mol. The lowest BCUT2D eigenvalue weighted by Crippen LogP contribution is -2.51. The zero-order valence-electron chi connectivity index (χ0n) is 24.0. The summed E-state index contributed by atoms with van der Waals surface area (Å²) in [5, 5.41) is 2.58. The predicted octanol–water partition coefficient (Wildman–Crippen LogP) is 3.50. The van der Waals surface area contributed by atoms with Crippen molar-refractivity contribution < 1.29 is 32.2 Å². The highest BCUT2D eigenvalue weighted by Gasteiger charge is 2.32. The summed E-state index contributed by atoms with van der Waals surface area (Å²) < 4.78 is 45.2. The summed E-state index contributed by atoms with van der Waals surface area (Å²) in [4.78, 5) is 27.8. The molecule has 0 aromatic heterocycles. The molecule has 2 amide bonds. The van der Waals surface area contributed by atoms with Gasteiger partial charge in [0.2, 0.25) is 11.8 Å². The lowest BCUT2D eigenvalue weighted by atomic mass is 10.1. The van der Waals surface area contributed by atoms with Gasteiger partial charge in [-0.05, 0) is 62.2 Å². The second-order valence-electron chi connectivity index (χ2n) is 9.07. The minimum atomic E-state index is -4.28. The van der Waals surface area contributed by atoms with Crippen molar-refractivity contribution in [2.45, 2.75) is 31.2 Å². The number of benzene rings is 3. The number of likely N-dealkylation sites (N-methyl/N-ethyl adjacent to an activating group) is 1. The second-order valence-corrected chi connectivity index (χ2v) is 10.9. The molecule has 220 valence electrons. The van der Waals surface area contributed by atoms with Crippen LogP contribution in [-0.4, -0.2) is 72.1 Å². The van der Waals surface area contributed by atoms with E-state index in [2.05, 4.69) is 5.32 Å². The van der Waals surface area contributed by atoms with Gasteiger partial charge in [-0.1, -0.05) is 30.3 Å². The molecule has 0 bridgehead atoms. The van der Waals surface area contributed by atoms with E-state index in [9.17, 15) is 18.0 Å². The summed E-state index contributed by atoms with van der Waals surface area (Å²) in [6.07, 6.45) is 0.486. The number of ether oxygens (including phenoxy) is 3. The van der Waals surface area contributed by atoms with Crippen LogP contribution in [0.15, 0.2) is 77.7 Å². The smallest absolute Gasteiger partial charge is 0.264 e. The van der Waals surface area contributed by atoms with Crippen LogP contribution in [0, 0.1) is 0 Å². The molecule has 0 saturated heterocycles. The van der Waals surface area contributed by atoms with E-state index in [0.717, 1.165) is 9.87 Å². The van der Waals surface area contributed by atoms with Crippen molar-refractivity contribution in [3.8, 4) is 17.2 Å². The third-order valence-electron chi connectivity index (χ3n) is 6.56. The number of methoxy groups -OCH3 is 2. The van der Waals surface area contributed by atoms with Crippen LogP contribution in [0.3, 0.4) is 0 Å². The summed E-state index contributed by atoms with van der Waals surface area (Å²) in [6.45, 7) is 3.58. The van der Waals surface area contributed by atoms with Crippen LogP contribution in [0.1, 0.15) is 19.4 Å². The highest BCUT2D eigenvalue weighted by atomic mass is 32.2. The summed E-state index contributed by atoms with van der Waals surface area (Å²) >= 11 is 0. The Bertz CT molecular complexity index is 1410. The molecule has 3 aromatic rings. The first-order chi connectivity index (χ1) is 19.7. The minimum Gasteiger partial charge on any atom is -0.494 e. The molecule has 3 rings (SSSR count). The molecular weight excluding hydrogens is 546 g/mol. The lowest BCUT2D eigenvalue weighted by Gasteiger charge is -2.31. The second kappa shape index (κ2) is 14.4. The number of nitrogens with zero attached hydrogens (tertiary/aromatic N) is 2. The van der Waals surface area contributed by atoms with Crippen molar-refractivity contribution in [2.75, 3.05) is 45.3 Å². The molecule has 0 aliphatic heterocycles. The van der Waals surface area contributed by atoms with E-state index in [-0.39, 0.29) is 28.8 Å². The average Bonchev–Trinajstić information content (AvgIpc) is 3.00. The average molecular weight is 584 g/mol. The molecule has 1 atom stereocenters. The maximum absolute atomic E-state index is 14.1. The van der Waals surface area contributed by atoms with Gasteiger partial charge in [-0.15, -0.1) is 0 Å². The van der Waals surface area contributed by atoms with Crippen molar-refractivity contribution in [1.29, 1.82) is 0 Å². The number of carbonyl (C=O) groups excluding carboxylic acids is 2. The van der Waals surface area contributed by atoms with Crippen molar-refractivity contribution in [3.63, 3.8) is 0 Å². The number of amides is 2. The van der Waals surface area contributed by atoms with E-state index in [4.69, 9.17) is 14.2 Å². The van der Waals surface area contributed by atoms with Crippen molar-refractivity contribution in [1.82, 2.24) is 10.2 Å². The Morgan fingerprint density at radius 2 is 1.59 bits per heavy atom. The normalized spacial score (nSPS) is 11.7.